The molecule has 0 spiro atoms. The maximum absolute atomic E-state index is 10.8. The van der Waals surface area contributed by atoms with Crippen LogP contribution >= 0.6 is 11.6 Å². The number of furan rings is 1. The van der Waals surface area contributed by atoms with Gasteiger partial charge in [0.15, 0.2) is 22.4 Å². The average Bonchev–Trinajstić information content (AvgIpc) is 2.72. The van der Waals surface area contributed by atoms with E-state index in [2.05, 4.69) is 4.98 Å². The second-order valence-electron chi connectivity index (χ2n) is 2.92. The fourth-order valence-corrected chi connectivity index (χ4v) is 1.61. The lowest BCUT2D eigenvalue weighted by molar-refractivity contribution is 0.0687. The van der Waals surface area contributed by atoms with Crippen LogP contribution in [0.1, 0.15) is 10.5 Å². The van der Waals surface area contributed by atoms with E-state index >= 15 is 0 Å². The normalized spacial score (nSPS) is 10.5. The summed E-state index contributed by atoms with van der Waals surface area (Å²) in [7, 11) is 1.57. The van der Waals surface area contributed by atoms with E-state index in [9.17, 15) is 4.79 Å². The summed E-state index contributed by atoms with van der Waals surface area (Å²) >= 11 is 5.71. The largest absolute Gasteiger partial charge is 0.476 e. The van der Waals surface area contributed by atoms with Crippen LogP contribution < -0.4 is 0 Å². The van der Waals surface area contributed by atoms with E-state index in [1.54, 1.807) is 19.2 Å². The summed E-state index contributed by atoms with van der Waals surface area (Å²) in [4.78, 5) is 14.8. The second kappa shape index (κ2) is 3.43. The molecule has 0 aliphatic rings. The highest BCUT2D eigenvalue weighted by Gasteiger charge is 2.20. The summed E-state index contributed by atoms with van der Waals surface area (Å²) in [5, 5.41) is 8.84. The van der Waals surface area contributed by atoms with Crippen LogP contribution in [0.25, 0.3) is 11.6 Å². The van der Waals surface area contributed by atoms with E-state index in [0.29, 0.717) is 11.6 Å². The highest BCUT2D eigenvalue weighted by Crippen LogP contribution is 2.24. The van der Waals surface area contributed by atoms with Gasteiger partial charge in [-0.15, -0.1) is 0 Å². The number of rotatable bonds is 2. The van der Waals surface area contributed by atoms with Crippen LogP contribution in [-0.2, 0) is 7.05 Å². The zero-order chi connectivity index (χ0) is 11.0. The molecule has 6 heteroatoms. The molecule has 0 radical (unpaired) electrons. The third kappa shape index (κ3) is 1.50. The van der Waals surface area contributed by atoms with E-state index in [1.165, 1.54) is 10.8 Å². The zero-order valence-electron chi connectivity index (χ0n) is 7.77. The Bertz CT molecular complexity index is 502. The molecule has 5 nitrogen and oxygen atoms in total. The van der Waals surface area contributed by atoms with Gasteiger partial charge in [0, 0.05) is 7.05 Å². The van der Waals surface area contributed by atoms with Crippen molar-refractivity contribution in [3.63, 3.8) is 0 Å². The summed E-state index contributed by atoms with van der Waals surface area (Å²) in [6, 6.07) is 3.38. The van der Waals surface area contributed by atoms with Gasteiger partial charge in [-0.3, -0.25) is 0 Å². The molecule has 78 valence electrons. The first-order valence-electron chi connectivity index (χ1n) is 4.10. The van der Waals surface area contributed by atoms with Crippen LogP contribution in [0.3, 0.4) is 0 Å². The predicted octanol–water partition coefficient (Wildman–Crippen LogP) is 2.03. The molecule has 2 aromatic heterocycles. The number of carbonyl (C=O) groups is 1. The lowest BCUT2D eigenvalue weighted by atomic mass is 10.4. The lowest BCUT2D eigenvalue weighted by Gasteiger charge is -1.99. The molecular weight excluding hydrogens is 220 g/mol. The number of carboxylic acid groups (broad SMARTS) is 1. The molecule has 0 atom stereocenters. The maximum atomic E-state index is 10.8. The number of halogens is 1. The van der Waals surface area contributed by atoms with Gasteiger partial charge in [-0.2, -0.15) is 0 Å². The van der Waals surface area contributed by atoms with Gasteiger partial charge in [0.1, 0.15) is 0 Å². The van der Waals surface area contributed by atoms with Gasteiger partial charge < -0.3 is 14.1 Å². The van der Waals surface area contributed by atoms with Gasteiger partial charge in [0.2, 0.25) is 0 Å². The molecule has 2 aromatic rings. The van der Waals surface area contributed by atoms with Gasteiger partial charge >= 0.3 is 5.97 Å². The summed E-state index contributed by atoms with van der Waals surface area (Å²) in [6.45, 7) is 0. The van der Waals surface area contributed by atoms with E-state index in [4.69, 9.17) is 21.1 Å². The number of carboxylic acids is 1. The smallest absolute Gasteiger partial charge is 0.355 e. The molecular formula is C9H7ClN2O3. The molecule has 0 aliphatic heterocycles. The fraction of sp³-hybridized carbons (Fsp3) is 0.111. The van der Waals surface area contributed by atoms with Crippen molar-refractivity contribution in [1.29, 1.82) is 0 Å². The molecule has 0 saturated carbocycles. The Morgan fingerprint density at radius 1 is 1.67 bits per heavy atom. The van der Waals surface area contributed by atoms with E-state index < -0.39 is 5.97 Å². The van der Waals surface area contributed by atoms with Crippen molar-refractivity contribution < 1.29 is 14.3 Å². The summed E-state index contributed by atoms with van der Waals surface area (Å²) in [6.07, 6.45) is 1.48. The number of hydrogen-bond donors (Lipinski definition) is 1. The summed E-state index contributed by atoms with van der Waals surface area (Å²) in [5.41, 5.74) is -0.0527. The van der Waals surface area contributed by atoms with Crippen LogP contribution in [0.15, 0.2) is 22.8 Å². The minimum absolute atomic E-state index is 0.0450. The maximum Gasteiger partial charge on any atom is 0.355 e. The molecule has 0 aromatic carbocycles. The number of nitrogens with zero attached hydrogens (tertiary/aromatic N) is 2. The van der Waals surface area contributed by atoms with Gasteiger partial charge in [0.05, 0.1) is 6.26 Å². The lowest BCUT2D eigenvalue weighted by Crippen LogP contribution is -2.05. The third-order valence-electron chi connectivity index (χ3n) is 2.00. The zero-order valence-corrected chi connectivity index (χ0v) is 8.52. The molecule has 0 saturated heterocycles. The van der Waals surface area contributed by atoms with E-state index in [0.717, 1.165) is 0 Å². The van der Waals surface area contributed by atoms with Gasteiger partial charge in [-0.05, 0) is 12.1 Å². The molecule has 0 unspecified atom stereocenters. The molecule has 0 aliphatic carbocycles. The monoisotopic (exact) mass is 226 g/mol. The van der Waals surface area contributed by atoms with Crippen LogP contribution in [0.4, 0.5) is 0 Å². The number of aromatic carboxylic acids is 1. The third-order valence-corrected chi connectivity index (χ3v) is 2.26. The molecule has 2 rings (SSSR count). The van der Waals surface area contributed by atoms with Crippen molar-refractivity contribution in [3.05, 3.63) is 29.2 Å². The number of hydrogen-bond acceptors (Lipinski definition) is 3. The Kier molecular flexibility index (Phi) is 2.24. The minimum Gasteiger partial charge on any atom is -0.476 e. The summed E-state index contributed by atoms with van der Waals surface area (Å²) in [5.74, 6) is -0.248. The SMILES string of the molecule is Cn1c(-c2ccco2)nc(Cl)c1C(=O)O. The van der Waals surface area contributed by atoms with Gasteiger partial charge in [-0.1, -0.05) is 11.6 Å². The van der Waals surface area contributed by atoms with Crippen molar-refractivity contribution in [3.8, 4) is 11.6 Å². The van der Waals surface area contributed by atoms with Crippen LogP contribution in [0, 0.1) is 0 Å². The van der Waals surface area contributed by atoms with Crippen LogP contribution in [0.5, 0.6) is 0 Å². The van der Waals surface area contributed by atoms with Gasteiger partial charge in [-0.25, -0.2) is 9.78 Å². The number of aromatic nitrogens is 2. The first kappa shape index (κ1) is 9.79. The molecule has 0 amide bonds. The topological polar surface area (TPSA) is 68.3 Å². The van der Waals surface area contributed by atoms with E-state index in [1.807, 2.05) is 0 Å². The first-order chi connectivity index (χ1) is 7.11. The van der Waals surface area contributed by atoms with Crippen molar-refractivity contribution in [1.82, 2.24) is 9.55 Å². The second-order valence-corrected chi connectivity index (χ2v) is 3.27. The average molecular weight is 227 g/mol. The first-order valence-corrected chi connectivity index (χ1v) is 4.48. The molecule has 0 fully saturated rings. The van der Waals surface area contributed by atoms with Crippen LogP contribution in [-0.4, -0.2) is 20.6 Å². The Balaban J connectivity index is 2.61. The summed E-state index contributed by atoms with van der Waals surface area (Å²) < 4.78 is 6.49. The Morgan fingerprint density at radius 3 is 2.87 bits per heavy atom. The van der Waals surface area contributed by atoms with Crippen molar-refractivity contribution in [2.45, 2.75) is 0 Å². The Labute approximate surface area is 89.9 Å². The molecule has 1 N–H and O–H groups in total. The van der Waals surface area contributed by atoms with Crippen molar-refractivity contribution in [2.75, 3.05) is 0 Å². The van der Waals surface area contributed by atoms with Crippen molar-refractivity contribution >= 4 is 17.6 Å². The van der Waals surface area contributed by atoms with Crippen LogP contribution in [0.2, 0.25) is 5.15 Å². The minimum atomic E-state index is -1.12. The fourth-order valence-electron chi connectivity index (χ4n) is 1.32. The molecule has 2 heterocycles. The Hall–Kier alpha value is -1.75. The Morgan fingerprint density at radius 2 is 2.40 bits per heavy atom. The molecule has 0 bridgehead atoms. The van der Waals surface area contributed by atoms with E-state index in [-0.39, 0.29) is 10.8 Å². The van der Waals surface area contributed by atoms with Gasteiger partial charge in [0.25, 0.3) is 0 Å². The van der Waals surface area contributed by atoms with Crippen molar-refractivity contribution in [2.24, 2.45) is 7.05 Å². The standard InChI is InChI=1S/C9H7ClN2O3/c1-12-6(9(13)14)7(10)11-8(12)5-3-2-4-15-5/h2-4H,1H3,(H,13,14). The number of imidazole rings is 1. The highest BCUT2D eigenvalue weighted by atomic mass is 35.5. The predicted molar refractivity (Wildman–Crippen MR) is 52.9 cm³/mol. The molecule has 15 heavy (non-hydrogen) atoms. The highest BCUT2D eigenvalue weighted by molar-refractivity contribution is 6.32. The quantitative estimate of drug-likeness (QED) is 0.851.